The Morgan fingerprint density at radius 3 is 2.14 bits per heavy atom. The predicted molar refractivity (Wildman–Crippen MR) is 91.1 cm³/mol. The van der Waals surface area contributed by atoms with E-state index in [-0.39, 0.29) is 22.9 Å². The van der Waals surface area contributed by atoms with Crippen LogP contribution in [0.25, 0.3) is 0 Å². The van der Waals surface area contributed by atoms with Gasteiger partial charge in [-0.15, -0.1) is 0 Å². The standard InChI is InChI=1S/C18H11F5N4O/c19-12-3-6-15(14(20)7-12)27-17-24-8-10(9-25-17)16(28)26-13-4-1-11(2-5-13)18(21,22)23/h1-9H,(H,26,28)(H,24,25,27). The van der Waals surface area contributed by atoms with Gasteiger partial charge in [0.25, 0.3) is 5.91 Å². The van der Waals surface area contributed by atoms with Crippen molar-refractivity contribution in [3.05, 3.63) is 77.6 Å². The van der Waals surface area contributed by atoms with Gasteiger partial charge in [0.2, 0.25) is 5.95 Å². The summed E-state index contributed by atoms with van der Waals surface area (Å²) in [4.78, 5) is 19.8. The number of nitrogens with zero attached hydrogens (tertiary/aromatic N) is 2. The quantitative estimate of drug-likeness (QED) is 0.626. The molecule has 3 rings (SSSR count). The highest BCUT2D eigenvalue weighted by Crippen LogP contribution is 2.29. The predicted octanol–water partition coefficient (Wildman–Crippen LogP) is 4.77. The molecule has 0 atom stereocenters. The molecule has 2 N–H and O–H groups in total. The Kier molecular flexibility index (Phi) is 5.21. The third-order valence-corrected chi connectivity index (χ3v) is 3.56. The molecule has 0 fully saturated rings. The van der Waals surface area contributed by atoms with Crippen molar-refractivity contribution in [2.24, 2.45) is 0 Å². The molecule has 3 aromatic rings. The van der Waals surface area contributed by atoms with Gasteiger partial charge in [0.05, 0.1) is 16.8 Å². The van der Waals surface area contributed by atoms with Gasteiger partial charge in [-0.1, -0.05) is 0 Å². The summed E-state index contributed by atoms with van der Waals surface area (Å²) in [5.41, 5.74) is -0.695. The van der Waals surface area contributed by atoms with Gasteiger partial charge in [-0.3, -0.25) is 4.79 Å². The maximum Gasteiger partial charge on any atom is 0.416 e. The first-order valence-electron chi connectivity index (χ1n) is 7.75. The second-order valence-electron chi connectivity index (χ2n) is 5.57. The first-order valence-corrected chi connectivity index (χ1v) is 7.75. The molecule has 28 heavy (non-hydrogen) atoms. The summed E-state index contributed by atoms with van der Waals surface area (Å²) in [6.45, 7) is 0. The summed E-state index contributed by atoms with van der Waals surface area (Å²) < 4.78 is 64.1. The van der Waals surface area contributed by atoms with Gasteiger partial charge in [0, 0.05) is 24.1 Å². The van der Waals surface area contributed by atoms with Gasteiger partial charge in [-0.25, -0.2) is 18.7 Å². The van der Waals surface area contributed by atoms with E-state index in [0.717, 1.165) is 42.7 Å². The Morgan fingerprint density at radius 1 is 0.929 bits per heavy atom. The van der Waals surface area contributed by atoms with Gasteiger partial charge in [0.1, 0.15) is 11.6 Å². The number of carbonyl (C=O) groups is 1. The highest BCUT2D eigenvalue weighted by atomic mass is 19.4. The Balaban J connectivity index is 1.66. The van der Waals surface area contributed by atoms with Crippen LogP contribution in [0.2, 0.25) is 0 Å². The van der Waals surface area contributed by atoms with E-state index in [4.69, 9.17) is 0 Å². The molecule has 1 amide bonds. The number of alkyl halides is 3. The van der Waals surface area contributed by atoms with Gasteiger partial charge in [-0.05, 0) is 36.4 Å². The SMILES string of the molecule is O=C(Nc1ccc(C(F)(F)F)cc1)c1cnc(Nc2ccc(F)cc2F)nc1. The normalized spacial score (nSPS) is 11.2. The maximum absolute atomic E-state index is 13.6. The molecule has 0 saturated heterocycles. The maximum atomic E-state index is 13.6. The zero-order chi connectivity index (χ0) is 20.3. The van der Waals surface area contributed by atoms with Crippen molar-refractivity contribution >= 4 is 23.2 Å². The fourth-order valence-electron chi connectivity index (χ4n) is 2.17. The van der Waals surface area contributed by atoms with Crippen molar-refractivity contribution in [2.45, 2.75) is 6.18 Å². The smallest absolute Gasteiger partial charge is 0.322 e. The van der Waals surface area contributed by atoms with Crippen LogP contribution in [-0.2, 0) is 6.18 Å². The number of benzene rings is 2. The first-order chi connectivity index (χ1) is 13.2. The molecule has 0 bridgehead atoms. The molecule has 0 spiro atoms. The number of hydrogen-bond acceptors (Lipinski definition) is 4. The monoisotopic (exact) mass is 394 g/mol. The molecule has 1 aromatic heterocycles. The Bertz CT molecular complexity index is 988. The van der Waals surface area contributed by atoms with Crippen molar-refractivity contribution in [3.63, 3.8) is 0 Å². The molecule has 1 heterocycles. The van der Waals surface area contributed by atoms with Crippen LogP contribution in [0, 0.1) is 11.6 Å². The van der Waals surface area contributed by atoms with E-state index in [0.29, 0.717) is 6.07 Å². The van der Waals surface area contributed by atoms with Crippen LogP contribution >= 0.6 is 0 Å². The molecule has 2 aromatic carbocycles. The topological polar surface area (TPSA) is 66.9 Å². The number of carbonyl (C=O) groups excluding carboxylic acids is 1. The number of nitrogens with one attached hydrogen (secondary N) is 2. The Hall–Kier alpha value is -3.56. The molecular formula is C18H11F5N4O. The molecule has 10 heteroatoms. The Morgan fingerprint density at radius 2 is 1.57 bits per heavy atom. The van der Waals surface area contributed by atoms with E-state index < -0.39 is 29.3 Å². The fourth-order valence-corrected chi connectivity index (χ4v) is 2.17. The minimum Gasteiger partial charge on any atom is -0.322 e. The van der Waals surface area contributed by atoms with Crippen LogP contribution in [-0.4, -0.2) is 15.9 Å². The largest absolute Gasteiger partial charge is 0.416 e. The van der Waals surface area contributed by atoms with E-state index in [9.17, 15) is 26.7 Å². The lowest BCUT2D eigenvalue weighted by Crippen LogP contribution is -2.13. The second-order valence-corrected chi connectivity index (χ2v) is 5.57. The third kappa shape index (κ3) is 4.58. The Labute approximate surface area is 155 Å². The average molecular weight is 394 g/mol. The second kappa shape index (κ2) is 7.59. The fraction of sp³-hybridized carbons (Fsp3) is 0.0556. The summed E-state index contributed by atoms with van der Waals surface area (Å²) in [5.74, 6) is -2.25. The van der Waals surface area contributed by atoms with E-state index in [1.807, 2.05) is 0 Å². The van der Waals surface area contributed by atoms with Gasteiger partial charge < -0.3 is 10.6 Å². The van der Waals surface area contributed by atoms with Crippen LogP contribution in [0.1, 0.15) is 15.9 Å². The van der Waals surface area contributed by atoms with Crippen LogP contribution in [0.4, 0.5) is 39.3 Å². The summed E-state index contributed by atoms with van der Waals surface area (Å²) >= 11 is 0. The van der Waals surface area contributed by atoms with Crippen LogP contribution < -0.4 is 10.6 Å². The number of hydrogen-bond donors (Lipinski definition) is 2. The highest BCUT2D eigenvalue weighted by molar-refractivity contribution is 6.03. The van der Waals surface area contributed by atoms with Crippen LogP contribution in [0.15, 0.2) is 54.9 Å². The van der Waals surface area contributed by atoms with Crippen molar-refractivity contribution in [1.29, 1.82) is 0 Å². The number of amides is 1. The number of anilines is 3. The van der Waals surface area contributed by atoms with Gasteiger partial charge >= 0.3 is 6.18 Å². The van der Waals surface area contributed by atoms with E-state index in [1.165, 1.54) is 6.07 Å². The molecule has 0 unspecified atom stereocenters. The summed E-state index contributed by atoms with van der Waals surface area (Å²) in [7, 11) is 0. The molecule has 0 saturated carbocycles. The molecule has 0 radical (unpaired) electrons. The van der Waals surface area contributed by atoms with Crippen molar-refractivity contribution in [2.75, 3.05) is 10.6 Å². The highest BCUT2D eigenvalue weighted by Gasteiger charge is 2.30. The summed E-state index contributed by atoms with van der Waals surface area (Å²) in [6, 6.07) is 6.83. The molecule has 5 nitrogen and oxygen atoms in total. The lowest BCUT2D eigenvalue weighted by atomic mass is 10.2. The van der Waals surface area contributed by atoms with Gasteiger partial charge in [-0.2, -0.15) is 13.2 Å². The molecular weight excluding hydrogens is 383 g/mol. The molecule has 0 aliphatic heterocycles. The van der Waals surface area contributed by atoms with Crippen molar-refractivity contribution in [3.8, 4) is 0 Å². The zero-order valence-corrected chi connectivity index (χ0v) is 13.9. The summed E-state index contributed by atoms with van der Waals surface area (Å²) in [6.07, 6.45) is -2.17. The lowest BCUT2D eigenvalue weighted by molar-refractivity contribution is -0.137. The van der Waals surface area contributed by atoms with Crippen LogP contribution in [0.5, 0.6) is 0 Å². The average Bonchev–Trinajstić information content (AvgIpc) is 2.64. The van der Waals surface area contributed by atoms with Crippen LogP contribution in [0.3, 0.4) is 0 Å². The lowest BCUT2D eigenvalue weighted by Gasteiger charge is -2.09. The number of aromatic nitrogens is 2. The minimum absolute atomic E-state index is 0.0309. The zero-order valence-electron chi connectivity index (χ0n) is 13.9. The molecule has 144 valence electrons. The third-order valence-electron chi connectivity index (χ3n) is 3.56. The van der Waals surface area contributed by atoms with E-state index >= 15 is 0 Å². The minimum atomic E-state index is -4.47. The summed E-state index contributed by atoms with van der Waals surface area (Å²) in [5, 5.41) is 4.95. The molecule has 0 aliphatic rings. The van der Waals surface area contributed by atoms with Gasteiger partial charge in [0.15, 0.2) is 0 Å². The van der Waals surface area contributed by atoms with Crippen molar-refractivity contribution < 1.29 is 26.7 Å². The van der Waals surface area contributed by atoms with Crippen molar-refractivity contribution in [1.82, 2.24) is 9.97 Å². The number of rotatable bonds is 4. The first kappa shape index (κ1) is 19.2. The van der Waals surface area contributed by atoms with E-state index in [1.54, 1.807) is 0 Å². The number of halogens is 5. The van der Waals surface area contributed by atoms with E-state index in [2.05, 4.69) is 20.6 Å². The molecule has 0 aliphatic carbocycles.